The van der Waals surface area contributed by atoms with E-state index in [4.69, 9.17) is 0 Å². The van der Waals surface area contributed by atoms with E-state index in [2.05, 4.69) is 26.6 Å². The molecule has 1 amide bonds. The van der Waals surface area contributed by atoms with E-state index < -0.39 is 0 Å². The molecule has 0 saturated carbocycles. The second-order valence-electron chi connectivity index (χ2n) is 4.35. The van der Waals surface area contributed by atoms with E-state index in [1.807, 2.05) is 24.3 Å². The van der Waals surface area contributed by atoms with Crippen molar-refractivity contribution in [3.05, 3.63) is 34.3 Å². The van der Waals surface area contributed by atoms with Gasteiger partial charge in [-0.2, -0.15) is 0 Å². The smallest absolute Gasteiger partial charge is 0.224 e. The molecule has 1 aromatic rings. The van der Waals surface area contributed by atoms with E-state index >= 15 is 0 Å². The van der Waals surface area contributed by atoms with Crippen LogP contribution in [0.5, 0.6) is 0 Å². The van der Waals surface area contributed by atoms with Crippen molar-refractivity contribution in [2.75, 3.05) is 13.1 Å². The molecule has 17 heavy (non-hydrogen) atoms. The Hall–Kier alpha value is -0.870. The van der Waals surface area contributed by atoms with Crippen molar-refractivity contribution in [1.29, 1.82) is 0 Å². The third-order valence-corrected chi connectivity index (χ3v) is 3.85. The predicted octanol–water partition coefficient (Wildman–Crippen LogP) is 2.06. The maximum absolute atomic E-state index is 11.9. The zero-order chi connectivity index (χ0) is 12.1. The van der Waals surface area contributed by atoms with Crippen LogP contribution in [0.4, 0.5) is 0 Å². The summed E-state index contributed by atoms with van der Waals surface area (Å²) in [6.45, 7) is 2.44. The lowest BCUT2D eigenvalue weighted by Crippen LogP contribution is -2.40. The number of rotatable bonds is 3. The Labute approximate surface area is 110 Å². The molecule has 0 bridgehead atoms. The van der Waals surface area contributed by atoms with Gasteiger partial charge in [0.05, 0.1) is 5.92 Å². The number of benzene rings is 1. The average Bonchev–Trinajstić information content (AvgIpc) is 2.38. The number of hydrogen-bond donors (Lipinski definition) is 2. The van der Waals surface area contributed by atoms with Gasteiger partial charge in [-0.1, -0.05) is 34.1 Å². The molecule has 0 spiro atoms. The maximum Gasteiger partial charge on any atom is 0.224 e. The van der Waals surface area contributed by atoms with Gasteiger partial charge < -0.3 is 10.6 Å². The molecular formula is C13H17BrN2O. The molecule has 92 valence electrons. The van der Waals surface area contributed by atoms with Crippen molar-refractivity contribution in [3.63, 3.8) is 0 Å². The van der Waals surface area contributed by atoms with Crippen LogP contribution in [-0.2, 0) is 11.3 Å². The van der Waals surface area contributed by atoms with Gasteiger partial charge in [0, 0.05) is 17.6 Å². The van der Waals surface area contributed by atoms with Crippen molar-refractivity contribution >= 4 is 21.8 Å². The summed E-state index contributed by atoms with van der Waals surface area (Å²) in [6.07, 6.45) is 2.09. The molecule has 1 aliphatic rings. The first-order chi connectivity index (χ1) is 8.27. The molecule has 1 unspecified atom stereocenters. The summed E-state index contributed by atoms with van der Waals surface area (Å²) in [6, 6.07) is 7.96. The standard InChI is InChI=1S/C13H17BrN2O/c14-12-6-2-1-4-10(12)9-16-13(17)11-5-3-7-15-8-11/h1-2,4,6,11,15H,3,5,7-9H2,(H,16,17). The Bertz CT molecular complexity index is 389. The quantitative estimate of drug-likeness (QED) is 0.896. The van der Waals surface area contributed by atoms with Gasteiger partial charge in [0.25, 0.3) is 0 Å². The van der Waals surface area contributed by atoms with Crippen LogP contribution in [0.15, 0.2) is 28.7 Å². The van der Waals surface area contributed by atoms with E-state index in [0.29, 0.717) is 6.54 Å². The second kappa shape index (κ2) is 6.17. The van der Waals surface area contributed by atoms with E-state index in [1.54, 1.807) is 0 Å². The minimum absolute atomic E-state index is 0.131. The topological polar surface area (TPSA) is 41.1 Å². The molecular weight excluding hydrogens is 280 g/mol. The molecule has 2 rings (SSSR count). The summed E-state index contributed by atoms with van der Waals surface area (Å²) in [7, 11) is 0. The van der Waals surface area contributed by atoms with Crippen LogP contribution in [0.25, 0.3) is 0 Å². The average molecular weight is 297 g/mol. The van der Waals surface area contributed by atoms with Crippen molar-refractivity contribution in [1.82, 2.24) is 10.6 Å². The van der Waals surface area contributed by atoms with Crippen LogP contribution in [0, 0.1) is 5.92 Å². The zero-order valence-corrected chi connectivity index (χ0v) is 11.3. The van der Waals surface area contributed by atoms with Crippen LogP contribution in [0.1, 0.15) is 18.4 Å². The van der Waals surface area contributed by atoms with Gasteiger partial charge in [0.1, 0.15) is 0 Å². The largest absolute Gasteiger partial charge is 0.352 e. The number of nitrogens with one attached hydrogen (secondary N) is 2. The molecule has 1 heterocycles. The number of carbonyl (C=O) groups is 1. The molecule has 4 heteroatoms. The Morgan fingerprint density at radius 1 is 1.47 bits per heavy atom. The van der Waals surface area contributed by atoms with Gasteiger partial charge in [-0.25, -0.2) is 0 Å². The van der Waals surface area contributed by atoms with Gasteiger partial charge in [-0.15, -0.1) is 0 Å². The van der Waals surface area contributed by atoms with Crippen LogP contribution >= 0.6 is 15.9 Å². The fourth-order valence-electron chi connectivity index (χ4n) is 2.04. The summed E-state index contributed by atoms with van der Waals surface area (Å²) < 4.78 is 1.04. The Morgan fingerprint density at radius 3 is 3.00 bits per heavy atom. The summed E-state index contributed by atoms with van der Waals surface area (Å²) in [5.41, 5.74) is 1.12. The minimum Gasteiger partial charge on any atom is -0.352 e. The van der Waals surface area contributed by atoms with Gasteiger partial charge in [0.2, 0.25) is 5.91 Å². The summed E-state index contributed by atoms with van der Waals surface area (Å²) in [5.74, 6) is 0.291. The van der Waals surface area contributed by atoms with Crippen molar-refractivity contribution in [2.45, 2.75) is 19.4 Å². The van der Waals surface area contributed by atoms with Crippen molar-refractivity contribution in [2.24, 2.45) is 5.92 Å². The fraction of sp³-hybridized carbons (Fsp3) is 0.462. The molecule has 0 radical (unpaired) electrons. The summed E-state index contributed by atoms with van der Waals surface area (Å²) in [4.78, 5) is 11.9. The molecule has 0 aliphatic carbocycles. The highest BCUT2D eigenvalue weighted by atomic mass is 79.9. The molecule has 1 saturated heterocycles. The van der Waals surface area contributed by atoms with E-state index in [-0.39, 0.29) is 11.8 Å². The van der Waals surface area contributed by atoms with E-state index in [1.165, 1.54) is 0 Å². The van der Waals surface area contributed by atoms with E-state index in [9.17, 15) is 4.79 Å². The van der Waals surface area contributed by atoms with Crippen LogP contribution in [-0.4, -0.2) is 19.0 Å². The molecule has 1 atom stereocenters. The van der Waals surface area contributed by atoms with Crippen LogP contribution in [0.3, 0.4) is 0 Å². The predicted molar refractivity (Wildman–Crippen MR) is 71.6 cm³/mol. The Kier molecular flexibility index (Phi) is 4.57. The number of hydrogen-bond acceptors (Lipinski definition) is 2. The van der Waals surface area contributed by atoms with Crippen molar-refractivity contribution in [3.8, 4) is 0 Å². The Morgan fingerprint density at radius 2 is 2.29 bits per heavy atom. The third-order valence-electron chi connectivity index (χ3n) is 3.08. The molecule has 1 fully saturated rings. The number of halogens is 1. The number of carbonyl (C=O) groups excluding carboxylic acids is 1. The van der Waals surface area contributed by atoms with E-state index in [0.717, 1.165) is 36.0 Å². The molecule has 2 N–H and O–H groups in total. The molecule has 3 nitrogen and oxygen atoms in total. The SMILES string of the molecule is O=C(NCc1ccccc1Br)C1CCCNC1. The highest BCUT2D eigenvalue weighted by Gasteiger charge is 2.20. The lowest BCUT2D eigenvalue weighted by atomic mass is 9.99. The first-order valence-electron chi connectivity index (χ1n) is 5.99. The summed E-state index contributed by atoms with van der Waals surface area (Å²) >= 11 is 3.48. The fourth-order valence-corrected chi connectivity index (χ4v) is 2.47. The van der Waals surface area contributed by atoms with Crippen LogP contribution < -0.4 is 10.6 Å². The minimum atomic E-state index is 0.131. The third kappa shape index (κ3) is 3.54. The lowest BCUT2D eigenvalue weighted by Gasteiger charge is -2.22. The summed E-state index contributed by atoms with van der Waals surface area (Å²) in [5, 5.41) is 6.26. The van der Waals surface area contributed by atoms with Gasteiger partial charge in [-0.3, -0.25) is 4.79 Å². The maximum atomic E-state index is 11.9. The van der Waals surface area contributed by atoms with Gasteiger partial charge >= 0.3 is 0 Å². The number of amides is 1. The molecule has 0 aromatic heterocycles. The van der Waals surface area contributed by atoms with Crippen molar-refractivity contribution < 1.29 is 4.79 Å². The zero-order valence-electron chi connectivity index (χ0n) is 9.71. The Balaban J connectivity index is 1.85. The highest BCUT2D eigenvalue weighted by molar-refractivity contribution is 9.10. The molecule has 1 aromatic carbocycles. The monoisotopic (exact) mass is 296 g/mol. The first-order valence-corrected chi connectivity index (χ1v) is 6.78. The first kappa shape index (κ1) is 12.6. The molecule has 1 aliphatic heterocycles. The van der Waals surface area contributed by atoms with Crippen LogP contribution in [0.2, 0.25) is 0 Å². The van der Waals surface area contributed by atoms with Gasteiger partial charge in [0.15, 0.2) is 0 Å². The normalized spacial score (nSPS) is 19.9. The highest BCUT2D eigenvalue weighted by Crippen LogP contribution is 2.16. The second-order valence-corrected chi connectivity index (χ2v) is 5.21. The van der Waals surface area contributed by atoms with Gasteiger partial charge in [-0.05, 0) is 31.0 Å². The number of piperidine rings is 1. The lowest BCUT2D eigenvalue weighted by molar-refractivity contribution is -0.125.